The van der Waals surface area contributed by atoms with E-state index in [-0.39, 0.29) is 47.9 Å². The van der Waals surface area contributed by atoms with Crippen LogP contribution in [0.5, 0.6) is 0 Å². The lowest BCUT2D eigenvalue weighted by atomic mass is 9.43. The van der Waals surface area contributed by atoms with Crippen molar-refractivity contribution >= 4 is 12.1 Å². The first-order valence-corrected chi connectivity index (χ1v) is 12.8. The first kappa shape index (κ1) is 24.0. The number of carbonyl (C=O) groups is 2. The molecule has 6 nitrogen and oxygen atoms in total. The average molecular weight is 451 g/mol. The molecular formula is C26H42O6. The minimum Gasteiger partial charge on any atom is -0.434 e. The minimum atomic E-state index is -0.927. The summed E-state index contributed by atoms with van der Waals surface area (Å²) in [5.41, 5.74) is 0.0137. The van der Waals surface area contributed by atoms with Gasteiger partial charge in [-0.2, -0.15) is 0 Å². The molecule has 0 aromatic heterocycles. The molecule has 0 aromatic rings. The van der Waals surface area contributed by atoms with Gasteiger partial charge in [-0.15, -0.1) is 0 Å². The molecule has 0 aliphatic heterocycles. The maximum absolute atomic E-state index is 12.3. The van der Waals surface area contributed by atoms with E-state index in [1.54, 1.807) is 6.92 Å². The van der Waals surface area contributed by atoms with E-state index in [9.17, 15) is 19.8 Å². The zero-order valence-corrected chi connectivity index (χ0v) is 20.2. The predicted octanol–water partition coefficient (Wildman–Crippen LogP) is 4.70. The molecule has 4 fully saturated rings. The summed E-state index contributed by atoms with van der Waals surface area (Å²) in [4.78, 5) is 23.8. The van der Waals surface area contributed by atoms with Crippen molar-refractivity contribution in [2.45, 2.75) is 97.7 Å². The summed E-state index contributed by atoms with van der Waals surface area (Å²) in [6, 6.07) is 0. The second kappa shape index (κ2) is 8.90. The van der Waals surface area contributed by atoms with Gasteiger partial charge in [0.1, 0.15) is 0 Å². The van der Waals surface area contributed by atoms with E-state index in [2.05, 4.69) is 20.8 Å². The summed E-state index contributed by atoms with van der Waals surface area (Å²) in [7, 11) is 0. The molecule has 0 amide bonds. The van der Waals surface area contributed by atoms with Crippen molar-refractivity contribution in [2.75, 3.05) is 6.61 Å². The van der Waals surface area contributed by atoms with E-state index in [0.717, 1.165) is 38.5 Å². The van der Waals surface area contributed by atoms with E-state index in [4.69, 9.17) is 9.47 Å². The molecule has 4 saturated carbocycles. The maximum atomic E-state index is 12.3. The van der Waals surface area contributed by atoms with Crippen LogP contribution in [0, 0.1) is 46.3 Å². The molecule has 6 heteroatoms. The topological polar surface area (TPSA) is 93.1 Å². The number of aliphatic hydroxyl groups excluding tert-OH is 2. The Balaban J connectivity index is 1.48. The van der Waals surface area contributed by atoms with E-state index < -0.39 is 12.1 Å². The molecule has 32 heavy (non-hydrogen) atoms. The second-order valence-electron chi connectivity index (χ2n) is 11.7. The predicted molar refractivity (Wildman–Crippen MR) is 120 cm³/mol. The Labute approximate surface area is 192 Å². The van der Waals surface area contributed by atoms with Crippen molar-refractivity contribution in [3.05, 3.63) is 0 Å². The molecule has 4 aliphatic carbocycles. The Kier molecular flexibility index (Phi) is 6.68. The Morgan fingerprint density at radius 1 is 1.03 bits per heavy atom. The number of esters is 1. The van der Waals surface area contributed by atoms with Gasteiger partial charge in [0.25, 0.3) is 0 Å². The quantitative estimate of drug-likeness (QED) is 0.476. The van der Waals surface area contributed by atoms with Gasteiger partial charge in [-0.3, -0.25) is 4.79 Å². The van der Waals surface area contributed by atoms with Crippen molar-refractivity contribution in [2.24, 2.45) is 46.3 Å². The fraction of sp³-hybridized carbons (Fsp3) is 0.923. The molecule has 2 N–H and O–H groups in total. The Bertz CT molecular complexity index is 723. The highest BCUT2D eigenvalue weighted by Gasteiger charge is 2.63. The zero-order valence-electron chi connectivity index (χ0n) is 20.2. The third-order valence-corrected chi connectivity index (χ3v) is 10.5. The van der Waals surface area contributed by atoms with E-state index in [0.29, 0.717) is 23.7 Å². The van der Waals surface area contributed by atoms with Gasteiger partial charge in [-0.1, -0.05) is 20.8 Å². The van der Waals surface area contributed by atoms with Gasteiger partial charge in [0.05, 0.1) is 18.8 Å². The minimum absolute atomic E-state index is 0.0369. The molecule has 0 bridgehead atoms. The highest BCUT2D eigenvalue weighted by molar-refractivity contribution is 5.81. The van der Waals surface area contributed by atoms with Crippen molar-refractivity contribution < 1.29 is 29.3 Å². The van der Waals surface area contributed by atoms with Crippen LogP contribution in [0.1, 0.15) is 85.5 Å². The second-order valence-corrected chi connectivity index (χ2v) is 11.7. The van der Waals surface area contributed by atoms with Crippen LogP contribution < -0.4 is 0 Å². The zero-order chi connectivity index (χ0) is 23.3. The standard InChI is InChI=1S/C26H42O6/c1-5-31-24(30)32-23(29)12-15(2)19-8-9-20-18-7-6-16-13-17(27)10-11-25(16,3)21(18)14-22(28)26(19,20)4/h15-22,27-28H,5-14H2,1-4H3/t15-,16-,17-,18?,19-,20?,21?,22+,25+,26-/m1/s1. The summed E-state index contributed by atoms with van der Waals surface area (Å²) in [6.45, 7) is 8.59. The van der Waals surface area contributed by atoms with Gasteiger partial charge in [-0.25, -0.2) is 4.79 Å². The van der Waals surface area contributed by atoms with Gasteiger partial charge in [0.2, 0.25) is 0 Å². The van der Waals surface area contributed by atoms with Gasteiger partial charge in [0.15, 0.2) is 0 Å². The Morgan fingerprint density at radius 2 is 1.78 bits per heavy atom. The fourth-order valence-electron chi connectivity index (χ4n) is 8.85. The van der Waals surface area contributed by atoms with Crippen LogP contribution in [-0.2, 0) is 14.3 Å². The van der Waals surface area contributed by atoms with Crippen molar-refractivity contribution in [3.8, 4) is 0 Å². The van der Waals surface area contributed by atoms with Crippen molar-refractivity contribution in [1.29, 1.82) is 0 Å². The largest absolute Gasteiger partial charge is 0.516 e. The van der Waals surface area contributed by atoms with E-state index in [1.165, 1.54) is 12.8 Å². The first-order valence-electron chi connectivity index (χ1n) is 12.8. The number of aliphatic hydroxyl groups is 2. The summed E-state index contributed by atoms with van der Waals surface area (Å²) >= 11 is 0. The number of rotatable bonds is 4. The Hall–Kier alpha value is -1.14. The van der Waals surface area contributed by atoms with Crippen LogP contribution in [0.4, 0.5) is 4.79 Å². The van der Waals surface area contributed by atoms with Gasteiger partial charge >= 0.3 is 12.1 Å². The lowest BCUT2D eigenvalue weighted by molar-refractivity contribution is -0.175. The molecule has 182 valence electrons. The third kappa shape index (κ3) is 3.89. The highest BCUT2D eigenvalue weighted by atomic mass is 16.7. The number of hydrogen-bond acceptors (Lipinski definition) is 6. The van der Waals surface area contributed by atoms with Crippen LogP contribution in [0.15, 0.2) is 0 Å². The molecule has 0 aromatic carbocycles. The molecule has 10 atom stereocenters. The molecule has 3 unspecified atom stereocenters. The van der Waals surface area contributed by atoms with Crippen molar-refractivity contribution in [1.82, 2.24) is 0 Å². The SMILES string of the molecule is CCOC(=O)OC(=O)C[C@@H](C)[C@H]1CCC2C3CC[C@@H]4C[C@H](O)CC[C@]4(C)C3C[C@H](O)[C@@]21C. The highest BCUT2D eigenvalue weighted by Crippen LogP contribution is 2.68. The number of fused-ring (bicyclic) bond motifs is 5. The molecular weight excluding hydrogens is 408 g/mol. The summed E-state index contributed by atoms with van der Waals surface area (Å²) < 4.78 is 9.52. The third-order valence-electron chi connectivity index (χ3n) is 10.5. The van der Waals surface area contributed by atoms with Crippen LogP contribution in [0.3, 0.4) is 0 Å². The summed E-state index contributed by atoms with van der Waals surface area (Å²) in [6.07, 6.45) is 6.88. The fourth-order valence-corrected chi connectivity index (χ4v) is 8.85. The van der Waals surface area contributed by atoms with Crippen LogP contribution in [0.25, 0.3) is 0 Å². The first-order chi connectivity index (χ1) is 15.1. The lowest BCUT2D eigenvalue weighted by Crippen LogP contribution is -2.58. The summed E-state index contributed by atoms with van der Waals surface area (Å²) in [5.74, 6) is 1.90. The smallest absolute Gasteiger partial charge is 0.434 e. The van der Waals surface area contributed by atoms with Crippen LogP contribution >= 0.6 is 0 Å². The van der Waals surface area contributed by atoms with Crippen LogP contribution in [0.2, 0.25) is 0 Å². The number of hydrogen-bond donors (Lipinski definition) is 2. The monoisotopic (exact) mass is 450 g/mol. The molecule has 4 rings (SSSR count). The van der Waals surface area contributed by atoms with E-state index in [1.807, 2.05) is 0 Å². The summed E-state index contributed by atoms with van der Waals surface area (Å²) in [5, 5.41) is 21.8. The number of carbonyl (C=O) groups excluding carboxylic acids is 2. The molecule has 4 aliphatic rings. The van der Waals surface area contributed by atoms with Crippen LogP contribution in [-0.4, -0.2) is 41.2 Å². The van der Waals surface area contributed by atoms with E-state index >= 15 is 0 Å². The Morgan fingerprint density at radius 3 is 2.50 bits per heavy atom. The van der Waals surface area contributed by atoms with Gasteiger partial charge < -0.3 is 19.7 Å². The molecule has 0 spiro atoms. The van der Waals surface area contributed by atoms with Crippen molar-refractivity contribution in [3.63, 3.8) is 0 Å². The molecule has 0 saturated heterocycles. The van der Waals surface area contributed by atoms with Gasteiger partial charge in [0, 0.05) is 6.42 Å². The normalized spacial score (nSPS) is 46.4. The average Bonchev–Trinajstić information content (AvgIpc) is 3.08. The lowest BCUT2D eigenvalue weighted by Gasteiger charge is -2.62. The molecule has 0 radical (unpaired) electrons. The number of ether oxygens (including phenoxy) is 2. The van der Waals surface area contributed by atoms with Gasteiger partial charge in [-0.05, 0) is 105 Å². The molecule has 0 heterocycles. The maximum Gasteiger partial charge on any atom is 0.516 e.